The average molecular weight is 362 g/mol. The van der Waals surface area contributed by atoms with Gasteiger partial charge in [0.25, 0.3) is 5.91 Å². The van der Waals surface area contributed by atoms with Crippen molar-refractivity contribution in [3.05, 3.63) is 65.5 Å². The second-order valence-corrected chi connectivity index (χ2v) is 6.44. The number of rotatable bonds is 4. The molecular weight excluding hydrogens is 344 g/mol. The molecule has 136 valence electrons. The number of hydrogen-bond acceptors (Lipinski definition) is 6. The molecule has 0 saturated carbocycles. The second-order valence-electron chi connectivity index (χ2n) is 6.44. The van der Waals surface area contributed by atoms with Crippen LogP contribution in [0.2, 0.25) is 0 Å². The maximum Gasteiger partial charge on any atom is 0.287 e. The van der Waals surface area contributed by atoms with E-state index in [0.29, 0.717) is 17.3 Å². The SMILES string of the molecule is Cc1ccc2oc(C(=O)N[C@H](C)c3nc(-c4ccncc4)no3)c(C)c2c1. The lowest BCUT2D eigenvalue weighted by Crippen LogP contribution is -2.27. The molecule has 4 rings (SSSR count). The molecule has 7 nitrogen and oxygen atoms in total. The van der Waals surface area contributed by atoms with Crippen LogP contribution >= 0.6 is 0 Å². The molecular formula is C20H18N4O3. The Labute approximate surface area is 155 Å². The topological polar surface area (TPSA) is 94.1 Å². The van der Waals surface area contributed by atoms with Crippen molar-refractivity contribution in [1.29, 1.82) is 0 Å². The van der Waals surface area contributed by atoms with E-state index in [1.165, 1.54) is 0 Å². The number of aromatic nitrogens is 3. The third-order valence-electron chi connectivity index (χ3n) is 4.40. The first-order valence-electron chi connectivity index (χ1n) is 8.57. The van der Waals surface area contributed by atoms with Crippen molar-refractivity contribution in [1.82, 2.24) is 20.4 Å². The monoisotopic (exact) mass is 362 g/mol. The van der Waals surface area contributed by atoms with Gasteiger partial charge in [0.1, 0.15) is 11.6 Å². The van der Waals surface area contributed by atoms with Gasteiger partial charge in [-0.1, -0.05) is 16.8 Å². The van der Waals surface area contributed by atoms with E-state index in [2.05, 4.69) is 20.4 Å². The smallest absolute Gasteiger partial charge is 0.287 e. The van der Waals surface area contributed by atoms with Crippen molar-refractivity contribution in [3.63, 3.8) is 0 Å². The van der Waals surface area contributed by atoms with Crippen molar-refractivity contribution in [2.24, 2.45) is 0 Å². The predicted molar refractivity (Wildman–Crippen MR) is 99.1 cm³/mol. The van der Waals surface area contributed by atoms with Crippen molar-refractivity contribution >= 4 is 16.9 Å². The number of fused-ring (bicyclic) bond motifs is 1. The largest absolute Gasteiger partial charge is 0.451 e. The Morgan fingerprint density at radius 2 is 1.93 bits per heavy atom. The summed E-state index contributed by atoms with van der Waals surface area (Å²) < 4.78 is 11.0. The van der Waals surface area contributed by atoms with Crippen molar-refractivity contribution < 1.29 is 13.7 Å². The van der Waals surface area contributed by atoms with Gasteiger partial charge in [-0.2, -0.15) is 4.98 Å². The Bertz CT molecular complexity index is 1110. The van der Waals surface area contributed by atoms with Gasteiger partial charge in [0.2, 0.25) is 11.7 Å². The number of carbonyl (C=O) groups is 1. The van der Waals surface area contributed by atoms with Crippen LogP contribution in [-0.2, 0) is 0 Å². The Morgan fingerprint density at radius 3 is 2.70 bits per heavy atom. The van der Waals surface area contributed by atoms with E-state index < -0.39 is 6.04 Å². The lowest BCUT2D eigenvalue weighted by Gasteiger charge is -2.08. The van der Waals surface area contributed by atoms with E-state index in [4.69, 9.17) is 8.94 Å². The molecule has 7 heteroatoms. The number of carbonyl (C=O) groups excluding carboxylic acids is 1. The van der Waals surface area contributed by atoms with Crippen LogP contribution in [0.25, 0.3) is 22.4 Å². The Morgan fingerprint density at radius 1 is 1.15 bits per heavy atom. The van der Waals surface area contributed by atoms with Gasteiger partial charge in [0, 0.05) is 28.9 Å². The molecule has 0 aliphatic heterocycles. The molecule has 0 fully saturated rings. The standard InChI is InChI=1S/C20H18N4O3/c1-11-4-5-16-15(10-11)12(2)17(26-16)19(25)22-13(3)20-23-18(24-27-20)14-6-8-21-9-7-14/h4-10,13H,1-3H3,(H,22,25)/t13-/m1/s1. The summed E-state index contributed by atoms with van der Waals surface area (Å²) in [4.78, 5) is 21.0. The molecule has 0 unspecified atom stereocenters. The summed E-state index contributed by atoms with van der Waals surface area (Å²) in [6.07, 6.45) is 3.31. The van der Waals surface area contributed by atoms with Crippen molar-refractivity contribution in [2.75, 3.05) is 0 Å². The van der Waals surface area contributed by atoms with E-state index in [0.717, 1.165) is 22.1 Å². The summed E-state index contributed by atoms with van der Waals surface area (Å²) in [5.41, 5.74) is 3.40. The molecule has 4 aromatic rings. The maximum absolute atomic E-state index is 12.7. The Balaban J connectivity index is 1.55. The van der Waals surface area contributed by atoms with Gasteiger partial charge >= 0.3 is 0 Å². The number of benzene rings is 1. The lowest BCUT2D eigenvalue weighted by atomic mass is 10.1. The molecule has 0 spiro atoms. The number of amides is 1. The average Bonchev–Trinajstić information content (AvgIpc) is 3.28. The van der Waals surface area contributed by atoms with E-state index in [1.807, 2.05) is 32.0 Å². The first-order valence-corrected chi connectivity index (χ1v) is 8.57. The molecule has 0 saturated heterocycles. The fraction of sp³-hybridized carbons (Fsp3) is 0.200. The molecule has 0 aliphatic rings. The van der Waals surface area contributed by atoms with Crippen molar-refractivity contribution in [3.8, 4) is 11.4 Å². The molecule has 1 amide bonds. The zero-order valence-corrected chi connectivity index (χ0v) is 15.2. The Kier molecular flexibility index (Phi) is 4.19. The normalized spacial score (nSPS) is 12.3. The molecule has 27 heavy (non-hydrogen) atoms. The van der Waals surface area contributed by atoms with Crippen LogP contribution in [0.4, 0.5) is 0 Å². The first kappa shape index (κ1) is 17.0. The minimum Gasteiger partial charge on any atom is -0.451 e. The highest BCUT2D eigenvalue weighted by molar-refractivity contribution is 5.99. The highest BCUT2D eigenvalue weighted by Crippen LogP contribution is 2.27. The van der Waals surface area contributed by atoms with Crippen LogP contribution in [0.3, 0.4) is 0 Å². The van der Waals surface area contributed by atoms with E-state index in [1.54, 1.807) is 31.5 Å². The van der Waals surface area contributed by atoms with Gasteiger partial charge in [0.05, 0.1) is 0 Å². The van der Waals surface area contributed by atoms with Gasteiger partial charge in [-0.25, -0.2) is 0 Å². The van der Waals surface area contributed by atoms with Crippen LogP contribution in [0, 0.1) is 13.8 Å². The van der Waals surface area contributed by atoms with Crippen LogP contribution in [0.15, 0.2) is 51.7 Å². The summed E-state index contributed by atoms with van der Waals surface area (Å²) >= 11 is 0. The lowest BCUT2D eigenvalue weighted by molar-refractivity contribution is 0.0905. The van der Waals surface area contributed by atoms with Gasteiger partial charge in [-0.05, 0) is 45.0 Å². The highest BCUT2D eigenvalue weighted by Gasteiger charge is 2.22. The third kappa shape index (κ3) is 3.19. The number of aryl methyl sites for hydroxylation is 2. The minimum atomic E-state index is -0.463. The number of nitrogens with zero attached hydrogens (tertiary/aromatic N) is 3. The second kappa shape index (κ2) is 6.68. The van der Waals surface area contributed by atoms with Crippen LogP contribution in [0.1, 0.15) is 40.5 Å². The minimum absolute atomic E-state index is 0.288. The van der Waals surface area contributed by atoms with Gasteiger partial charge in [-0.3, -0.25) is 9.78 Å². The summed E-state index contributed by atoms with van der Waals surface area (Å²) in [6, 6.07) is 8.95. The third-order valence-corrected chi connectivity index (χ3v) is 4.40. The summed E-state index contributed by atoms with van der Waals surface area (Å²) in [6.45, 7) is 5.66. The summed E-state index contributed by atoms with van der Waals surface area (Å²) in [7, 11) is 0. The van der Waals surface area contributed by atoms with E-state index >= 15 is 0 Å². The van der Waals surface area contributed by atoms with Crippen LogP contribution in [0.5, 0.6) is 0 Å². The predicted octanol–water partition coefficient (Wildman–Crippen LogP) is 3.99. The quantitative estimate of drug-likeness (QED) is 0.590. The molecule has 3 heterocycles. The van der Waals surface area contributed by atoms with Gasteiger partial charge in [-0.15, -0.1) is 0 Å². The number of nitrogens with one attached hydrogen (secondary N) is 1. The van der Waals surface area contributed by atoms with E-state index in [-0.39, 0.29) is 11.7 Å². The molecule has 1 atom stereocenters. The van der Waals surface area contributed by atoms with Crippen LogP contribution < -0.4 is 5.32 Å². The summed E-state index contributed by atoms with van der Waals surface area (Å²) in [5.74, 6) is 0.734. The molecule has 1 N–H and O–H groups in total. The number of pyridine rings is 1. The number of hydrogen-bond donors (Lipinski definition) is 1. The first-order chi connectivity index (χ1) is 13.0. The zero-order chi connectivity index (χ0) is 19.0. The fourth-order valence-corrected chi connectivity index (χ4v) is 2.90. The van der Waals surface area contributed by atoms with E-state index in [9.17, 15) is 4.79 Å². The molecule has 0 radical (unpaired) electrons. The molecule has 1 aromatic carbocycles. The molecule has 3 aromatic heterocycles. The van der Waals surface area contributed by atoms with Crippen LogP contribution in [-0.4, -0.2) is 21.0 Å². The highest BCUT2D eigenvalue weighted by atomic mass is 16.5. The van der Waals surface area contributed by atoms with Crippen molar-refractivity contribution in [2.45, 2.75) is 26.8 Å². The summed E-state index contributed by atoms with van der Waals surface area (Å²) in [5, 5.41) is 7.75. The van der Waals surface area contributed by atoms with Gasteiger partial charge in [0.15, 0.2) is 5.76 Å². The van der Waals surface area contributed by atoms with Gasteiger partial charge < -0.3 is 14.3 Å². The molecule has 0 bridgehead atoms. The zero-order valence-electron chi connectivity index (χ0n) is 15.2. The maximum atomic E-state index is 12.7. The Hall–Kier alpha value is -3.48. The molecule has 0 aliphatic carbocycles. The fourth-order valence-electron chi connectivity index (χ4n) is 2.90. The number of furan rings is 1.